The quantitative estimate of drug-likeness (QED) is 0.735. The summed E-state index contributed by atoms with van der Waals surface area (Å²) in [6, 6.07) is 7.24. The lowest BCUT2D eigenvalue weighted by molar-refractivity contribution is 0.0775. The van der Waals surface area contributed by atoms with Gasteiger partial charge in [-0.3, -0.25) is 9.59 Å². The number of unbranched alkanes of at least 4 members (excludes halogenated alkanes) is 1. The van der Waals surface area contributed by atoms with Crippen molar-refractivity contribution in [1.29, 1.82) is 0 Å². The molecular weight excluding hydrogens is 368 g/mol. The third-order valence-corrected chi connectivity index (χ3v) is 5.14. The Bertz CT molecular complexity index is 858. The van der Waals surface area contributed by atoms with Gasteiger partial charge in [0.2, 0.25) is 0 Å². The average Bonchev–Trinajstić information content (AvgIpc) is 3.13. The second-order valence-electron chi connectivity index (χ2n) is 7.33. The molecule has 0 aliphatic carbocycles. The molecular formula is C22H30N4O3. The summed E-state index contributed by atoms with van der Waals surface area (Å²) in [5.41, 5.74) is 1.88. The first kappa shape index (κ1) is 20.9. The first-order valence-corrected chi connectivity index (χ1v) is 10.4. The molecule has 2 heterocycles. The molecule has 1 aliphatic heterocycles. The number of aromatic nitrogens is 2. The molecule has 1 aromatic heterocycles. The van der Waals surface area contributed by atoms with Crippen LogP contribution in [-0.2, 0) is 13.0 Å². The van der Waals surface area contributed by atoms with Gasteiger partial charge in [-0.15, -0.1) is 0 Å². The molecule has 3 rings (SSSR count). The highest BCUT2D eigenvalue weighted by molar-refractivity contribution is 6.05. The standard InChI is InChI=1S/C22H30N4O3/c1-4-6-14-25(3)22(28)20-24-19(18-9-7-8-15-26(18)20)21(27)23-16-10-12-17(13-11-16)29-5-2/h10-13H,4-9,14-15H2,1-3H3,(H,23,27). The molecule has 0 saturated carbocycles. The Morgan fingerprint density at radius 3 is 2.66 bits per heavy atom. The molecule has 1 N–H and O–H groups in total. The molecule has 2 amide bonds. The first-order chi connectivity index (χ1) is 14.0. The summed E-state index contributed by atoms with van der Waals surface area (Å²) in [6.45, 7) is 6.03. The molecule has 156 valence electrons. The number of hydrogen-bond donors (Lipinski definition) is 1. The number of ether oxygens (including phenoxy) is 1. The summed E-state index contributed by atoms with van der Waals surface area (Å²) in [4.78, 5) is 32.0. The molecule has 0 bridgehead atoms. The van der Waals surface area contributed by atoms with Crippen molar-refractivity contribution in [2.75, 3.05) is 25.5 Å². The molecule has 0 atom stereocenters. The van der Waals surface area contributed by atoms with E-state index in [1.165, 1.54) is 0 Å². The van der Waals surface area contributed by atoms with Gasteiger partial charge in [0, 0.05) is 25.8 Å². The minimum Gasteiger partial charge on any atom is -0.494 e. The van der Waals surface area contributed by atoms with Crippen LogP contribution in [0.15, 0.2) is 24.3 Å². The Kier molecular flexibility index (Phi) is 6.90. The fourth-order valence-corrected chi connectivity index (χ4v) is 3.55. The Labute approximate surface area is 172 Å². The average molecular weight is 399 g/mol. The van der Waals surface area contributed by atoms with Crippen LogP contribution in [0.25, 0.3) is 0 Å². The number of rotatable bonds is 8. The highest BCUT2D eigenvalue weighted by Gasteiger charge is 2.28. The number of amides is 2. The van der Waals surface area contributed by atoms with Gasteiger partial charge in [0.05, 0.1) is 12.3 Å². The van der Waals surface area contributed by atoms with Gasteiger partial charge in [0.15, 0.2) is 11.5 Å². The lowest BCUT2D eigenvalue weighted by atomic mass is 10.1. The fraction of sp³-hybridized carbons (Fsp3) is 0.500. The minimum atomic E-state index is -0.282. The van der Waals surface area contributed by atoms with Crippen molar-refractivity contribution in [1.82, 2.24) is 14.5 Å². The number of carbonyl (C=O) groups is 2. The number of anilines is 1. The van der Waals surface area contributed by atoms with Crippen molar-refractivity contribution in [3.8, 4) is 5.75 Å². The van der Waals surface area contributed by atoms with Crippen molar-refractivity contribution < 1.29 is 14.3 Å². The number of fused-ring (bicyclic) bond motifs is 1. The van der Waals surface area contributed by atoms with Gasteiger partial charge < -0.3 is 19.5 Å². The van der Waals surface area contributed by atoms with E-state index in [0.29, 0.717) is 30.4 Å². The third kappa shape index (κ3) is 4.78. The van der Waals surface area contributed by atoms with Gasteiger partial charge in [-0.05, 0) is 56.9 Å². The molecule has 0 radical (unpaired) electrons. The summed E-state index contributed by atoms with van der Waals surface area (Å²) in [5, 5.41) is 2.90. The summed E-state index contributed by atoms with van der Waals surface area (Å²) in [6.07, 6.45) is 4.70. The Balaban J connectivity index is 1.82. The molecule has 1 aromatic carbocycles. The molecule has 0 spiro atoms. The van der Waals surface area contributed by atoms with E-state index in [2.05, 4.69) is 17.2 Å². The predicted octanol–water partition coefficient (Wildman–Crippen LogP) is 3.74. The highest BCUT2D eigenvalue weighted by atomic mass is 16.5. The van der Waals surface area contributed by atoms with Crippen LogP contribution >= 0.6 is 0 Å². The van der Waals surface area contributed by atoms with Crippen molar-refractivity contribution in [2.24, 2.45) is 0 Å². The van der Waals surface area contributed by atoms with E-state index in [9.17, 15) is 9.59 Å². The summed E-state index contributed by atoms with van der Waals surface area (Å²) in [7, 11) is 1.79. The largest absolute Gasteiger partial charge is 0.494 e. The number of hydrogen-bond acceptors (Lipinski definition) is 4. The molecule has 0 saturated heterocycles. The molecule has 0 unspecified atom stereocenters. The zero-order valence-electron chi connectivity index (χ0n) is 17.5. The van der Waals surface area contributed by atoms with Crippen LogP contribution in [0.1, 0.15) is 66.3 Å². The van der Waals surface area contributed by atoms with Gasteiger partial charge in [-0.25, -0.2) is 4.98 Å². The van der Waals surface area contributed by atoms with Crippen LogP contribution in [0, 0.1) is 0 Å². The van der Waals surface area contributed by atoms with Gasteiger partial charge in [0.25, 0.3) is 11.8 Å². The van der Waals surface area contributed by atoms with Crippen LogP contribution in [0.2, 0.25) is 0 Å². The topological polar surface area (TPSA) is 76.5 Å². The molecule has 7 heteroatoms. The fourth-order valence-electron chi connectivity index (χ4n) is 3.55. The molecule has 0 fully saturated rings. The number of nitrogens with zero attached hydrogens (tertiary/aromatic N) is 3. The normalized spacial score (nSPS) is 12.9. The first-order valence-electron chi connectivity index (χ1n) is 10.4. The van der Waals surface area contributed by atoms with Crippen LogP contribution in [0.4, 0.5) is 5.69 Å². The maximum atomic E-state index is 12.9. The van der Waals surface area contributed by atoms with E-state index in [1.807, 2.05) is 23.6 Å². The van der Waals surface area contributed by atoms with E-state index in [4.69, 9.17) is 4.74 Å². The van der Waals surface area contributed by atoms with Crippen LogP contribution in [-0.4, -0.2) is 46.5 Å². The summed E-state index contributed by atoms with van der Waals surface area (Å²) in [5.74, 6) is 0.722. The van der Waals surface area contributed by atoms with E-state index in [1.54, 1.807) is 24.1 Å². The monoisotopic (exact) mass is 398 g/mol. The predicted molar refractivity (Wildman–Crippen MR) is 113 cm³/mol. The Morgan fingerprint density at radius 2 is 1.97 bits per heavy atom. The van der Waals surface area contributed by atoms with Gasteiger partial charge >= 0.3 is 0 Å². The highest BCUT2D eigenvalue weighted by Crippen LogP contribution is 2.23. The second-order valence-corrected chi connectivity index (χ2v) is 7.33. The minimum absolute atomic E-state index is 0.123. The van der Waals surface area contributed by atoms with Gasteiger partial charge in [0.1, 0.15) is 5.75 Å². The zero-order valence-corrected chi connectivity index (χ0v) is 17.5. The number of nitrogens with one attached hydrogen (secondary N) is 1. The smallest absolute Gasteiger partial charge is 0.289 e. The molecule has 2 aromatic rings. The van der Waals surface area contributed by atoms with Crippen molar-refractivity contribution in [2.45, 2.75) is 52.5 Å². The van der Waals surface area contributed by atoms with Crippen molar-refractivity contribution >= 4 is 17.5 Å². The second kappa shape index (κ2) is 9.58. The molecule has 7 nitrogen and oxygen atoms in total. The maximum Gasteiger partial charge on any atom is 0.289 e. The molecule has 29 heavy (non-hydrogen) atoms. The van der Waals surface area contributed by atoms with E-state index in [-0.39, 0.29) is 11.8 Å². The lowest BCUT2D eigenvalue weighted by Crippen LogP contribution is -2.31. The summed E-state index contributed by atoms with van der Waals surface area (Å²) < 4.78 is 7.37. The maximum absolute atomic E-state index is 12.9. The number of benzene rings is 1. The van der Waals surface area contributed by atoms with Crippen LogP contribution in [0.5, 0.6) is 5.75 Å². The lowest BCUT2D eigenvalue weighted by Gasteiger charge is -2.20. The molecule has 1 aliphatic rings. The van der Waals surface area contributed by atoms with Crippen molar-refractivity contribution in [3.05, 3.63) is 41.5 Å². The van der Waals surface area contributed by atoms with E-state index in [0.717, 1.165) is 50.1 Å². The Hall–Kier alpha value is -2.83. The van der Waals surface area contributed by atoms with Gasteiger partial charge in [-0.1, -0.05) is 13.3 Å². The van der Waals surface area contributed by atoms with Crippen LogP contribution in [0.3, 0.4) is 0 Å². The zero-order chi connectivity index (χ0) is 20.8. The van der Waals surface area contributed by atoms with Gasteiger partial charge in [-0.2, -0.15) is 0 Å². The Morgan fingerprint density at radius 1 is 1.21 bits per heavy atom. The van der Waals surface area contributed by atoms with E-state index >= 15 is 0 Å². The third-order valence-electron chi connectivity index (χ3n) is 5.14. The van der Waals surface area contributed by atoms with E-state index < -0.39 is 0 Å². The summed E-state index contributed by atoms with van der Waals surface area (Å²) >= 11 is 0. The number of carbonyl (C=O) groups excluding carboxylic acids is 2. The SMILES string of the molecule is CCCCN(C)C(=O)c1nc(C(=O)Nc2ccc(OCC)cc2)c2n1CCCC2. The van der Waals surface area contributed by atoms with Crippen LogP contribution < -0.4 is 10.1 Å². The van der Waals surface area contributed by atoms with Crippen molar-refractivity contribution in [3.63, 3.8) is 0 Å². The number of imidazole rings is 1.